The molecular formula is C18H19BrO. The highest BCUT2D eigenvalue weighted by Gasteiger charge is 2.91. The molecule has 6 aliphatic carbocycles. The minimum absolute atomic E-state index is 0.336. The SMILES string of the molecule is C[C@@]12[C@@H]3[C@H]4C[C@@H]5[C@@H]([C@@H]4[C@@H]1Br)[C@@H]2[C@@](O)(c1ccccc1)[C@@H]53. The van der Waals surface area contributed by atoms with E-state index in [0.717, 1.165) is 29.6 Å². The number of halogens is 1. The molecule has 0 saturated heterocycles. The van der Waals surface area contributed by atoms with E-state index in [-0.39, 0.29) is 0 Å². The minimum atomic E-state index is -0.540. The Labute approximate surface area is 127 Å². The third-order valence-corrected chi connectivity index (χ3v) is 9.81. The smallest absolute Gasteiger partial charge is 0.0966 e. The summed E-state index contributed by atoms with van der Waals surface area (Å²) in [6, 6.07) is 10.6. The monoisotopic (exact) mass is 330 g/mol. The molecule has 20 heavy (non-hydrogen) atoms. The third kappa shape index (κ3) is 0.772. The Morgan fingerprint density at radius 3 is 2.50 bits per heavy atom. The Balaban J connectivity index is 1.65. The molecule has 0 radical (unpaired) electrons. The van der Waals surface area contributed by atoms with Gasteiger partial charge in [-0.2, -0.15) is 0 Å². The molecule has 10 atom stereocenters. The van der Waals surface area contributed by atoms with E-state index in [0.29, 0.717) is 22.1 Å². The normalized spacial score (nSPS) is 67.0. The van der Waals surface area contributed by atoms with Gasteiger partial charge in [-0.05, 0) is 52.9 Å². The topological polar surface area (TPSA) is 20.2 Å². The maximum atomic E-state index is 11.8. The van der Waals surface area contributed by atoms with Crippen molar-refractivity contribution in [2.24, 2.45) is 46.8 Å². The van der Waals surface area contributed by atoms with Crippen LogP contribution in [0, 0.1) is 46.8 Å². The standard InChI is InChI=1S/C18H19BrO/c1-17-13-10-7-9-11(12(10)16(17)19)15(17)18(20,14(9)13)8-5-3-2-4-6-8/h2-6,9-16,20H,7H2,1H3/t9-,10+,11+,12-,13-,14+,15+,16+,17+,18-/m1/s1. The van der Waals surface area contributed by atoms with E-state index in [1.54, 1.807) is 0 Å². The average Bonchev–Trinajstić information content (AvgIpc) is 3.16. The van der Waals surface area contributed by atoms with Crippen LogP contribution in [0.3, 0.4) is 0 Å². The predicted molar refractivity (Wildman–Crippen MR) is 80.2 cm³/mol. The number of aliphatic hydroxyl groups is 1. The van der Waals surface area contributed by atoms with Crippen LogP contribution in [0.4, 0.5) is 0 Å². The molecule has 7 rings (SSSR count). The molecule has 0 aliphatic heterocycles. The average molecular weight is 331 g/mol. The third-order valence-electron chi connectivity index (χ3n) is 8.21. The molecule has 0 aromatic heterocycles. The maximum absolute atomic E-state index is 11.8. The van der Waals surface area contributed by atoms with Crippen molar-refractivity contribution in [2.45, 2.75) is 23.8 Å². The lowest BCUT2D eigenvalue weighted by Gasteiger charge is -2.40. The van der Waals surface area contributed by atoms with Crippen molar-refractivity contribution in [1.29, 1.82) is 0 Å². The molecule has 0 unspecified atom stereocenters. The summed E-state index contributed by atoms with van der Waals surface area (Å²) in [5, 5.41) is 11.8. The summed E-state index contributed by atoms with van der Waals surface area (Å²) in [4.78, 5) is 0.646. The van der Waals surface area contributed by atoms with E-state index in [1.807, 2.05) is 0 Å². The summed E-state index contributed by atoms with van der Waals surface area (Å²) in [6.45, 7) is 2.48. The van der Waals surface area contributed by atoms with Crippen molar-refractivity contribution in [3.8, 4) is 0 Å². The van der Waals surface area contributed by atoms with E-state index < -0.39 is 5.60 Å². The fourth-order valence-electron chi connectivity index (χ4n) is 8.28. The summed E-state index contributed by atoms with van der Waals surface area (Å²) in [5.74, 6) is 5.14. The molecule has 104 valence electrons. The highest BCUT2D eigenvalue weighted by Crippen LogP contribution is 2.91. The summed E-state index contributed by atoms with van der Waals surface area (Å²) in [5.41, 5.74) is 0.990. The second kappa shape index (κ2) is 2.92. The van der Waals surface area contributed by atoms with Gasteiger partial charge < -0.3 is 5.11 Å². The van der Waals surface area contributed by atoms with Crippen molar-refractivity contribution in [1.82, 2.24) is 0 Å². The Morgan fingerprint density at radius 1 is 1.10 bits per heavy atom. The number of rotatable bonds is 1. The van der Waals surface area contributed by atoms with Gasteiger partial charge in [0.05, 0.1) is 5.60 Å². The molecule has 2 heteroatoms. The zero-order valence-electron chi connectivity index (χ0n) is 11.5. The molecule has 0 amide bonds. The van der Waals surface area contributed by atoms with Crippen molar-refractivity contribution in [3.63, 3.8) is 0 Å². The minimum Gasteiger partial charge on any atom is -0.385 e. The predicted octanol–water partition coefficient (Wildman–Crippen LogP) is 3.42. The highest BCUT2D eigenvalue weighted by atomic mass is 79.9. The molecule has 1 aromatic carbocycles. The largest absolute Gasteiger partial charge is 0.385 e. The molecule has 0 heterocycles. The van der Waals surface area contributed by atoms with Gasteiger partial charge in [-0.15, -0.1) is 0 Å². The summed E-state index contributed by atoms with van der Waals surface area (Å²) < 4.78 is 0. The number of benzene rings is 1. The van der Waals surface area contributed by atoms with Crippen LogP contribution in [0.1, 0.15) is 18.9 Å². The zero-order chi connectivity index (χ0) is 13.4. The first-order valence-electron chi connectivity index (χ1n) is 8.03. The lowest BCUT2D eigenvalue weighted by molar-refractivity contribution is -0.0284. The Hall–Kier alpha value is -0.340. The second-order valence-corrected chi connectivity index (χ2v) is 9.19. The first-order chi connectivity index (χ1) is 9.61. The van der Waals surface area contributed by atoms with Crippen LogP contribution in [0.2, 0.25) is 0 Å². The van der Waals surface area contributed by atoms with E-state index >= 15 is 0 Å². The van der Waals surface area contributed by atoms with E-state index in [1.165, 1.54) is 12.0 Å². The van der Waals surface area contributed by atoms with Gasteiger partial charge in [0.2, 0.25) is 0 Å². The van der Waals surface area contributed by atoms with E-state index in [2.05, 4.69) is 53.2 Å². The fourth-order valence-corrected chi connectivity index (χ4v) is 9.61. The van der Waals surface area contributed by atoms with Gasteiger partial charge in [-0.25, -0.2) is 0 Å². The summed E-state index contributed by atoms with van der Waals surface area (Å²) in [7, 11) is 0. The van der Waals surface area contributed by atoms with E-state index in [9.17, 15) is 5.11 Å². The van der Waals surface area contributed by atoms with Gasteiger partial charge in [0.25, 0.3) is 0 Å². The molecule has 1 N–H and O–H groups in total. The molecule has 6 aliphatic rings. The molecule has 0 spiro atoms. The van der Waals surface area contributed by atoms with Crippen LogP contribution in [0.5, 0.6) is 0 Å². The molecule has 1 aromatic rings. The lowest BCUT2D eigenvalue weighted by atomic mass is 9.64. The molecule has 6 fully saturated rings. The second-order valence-electron chi connectivity index (χ2n) is 8.21. The van der Waals surface area contributed by atoms with Crippen LogP contribution < -0.4 is 0 Å². The molecule has 6 saturated carbocycles. The van der Waals surface area contributed by atoms with Gasteiger partial charge in [0, 0.05) is 10.7 Å². The molecule has 1 nitrogen and oxygen atoms in total. The fraction of sp³-hybridized carbons (Fsp3) is 0.667. The zero-order valence-corrected chi connectivity index (χ0v) is 13.1. The lowest BCUT2D eigenvalue weighted by Crippen LogP contribution is -2.38. The van der Waals surface area contributed by atoms with Crippen molar-refractivity contribution < 1.29 is 5.11 Å². The van der Waals surface area contributed by atoms with Crippen LogP contribution in [0.15, 0.2) is 30.3 Å². The first-order valence-corrected chi connectivity index (χ1v) is 8.94. The van der Waals surface area contributed by atoms with E-state index in [4.69, 9.17) is 0 Å². The van der Waals surface area contributed by atoms with Crippen LogP contribution in [-0.4, -0.2) is 9.93 Å². The first kappa shape index (κ1) is 11.3. The Morgan fingerprint density at radius 2 is 1.80 bits per heavy atom. The number of alkyl halides is 1. The number of hydrogen-bond donors (Lipinski definition) is 1. The maximum Gasteiger partial charge on any atom is 0.0966 e. The van der Waals surface area contributed by atoms with Gasteiger partial charge in [0.15, 0.2) is 0 Å². The van der Waals surface area contributed by atoms with Crippen LogP contribution in [-0.2, 0) is 5.60 Å². The van der Waals surface area contributed by atoms with Crippen molar-refractivity contribution >= 4 is 15.9 Å². The highest BCUT2D eigenvalue weighted by molar-refractivity contribution is 9.09. The quantitative estimate of drug-likeness (QED) is 0.782. The van der Waals surface area contributed by atoms with Gasteiger partial charge in [-0.1, -0.05) is 53.2 Å². The Bertz CT molecular complexity index is 628. The van der Waals surface area contributed by atoms with Gasteiger partial charge in [-0.3, -0.25) is 0 Å². The summed E-state index contributed by atoms with van der Waals surface area (Å²) >= 11 is 4.06. The van der Waals surface area contributed by atoms with Crippen molar-refractivity contribution in [2.75, 3.05) is 0 Å². The van der Waals surface area contributed by atoms with Crippen molar-refractivity contribution in [3.05, 3.63) is 35.9 Å². The molecular weight excluding hydrogens is 312 g/mol. The Kier molecular flexibility index (Phi) is 1.64. The number of hydrogen-bond acceptors (Lipinski definition) is 1. The van der Waals surface area contributed by atoms with Gasteiger partial charge in [0.1, 0.15) is 0 Å². The van der Waals surface area contributed by atoms with Gasteiger partial charge >= 0.3 is 0 Å². The van der Waals surface area contributed by atoms with Crippen LogP contribution in [0.25, 0.3) is 0 Å². The summed E-state index contributed by atoms with van der Waals surface area (Å²) in [6.07, 6.45) is 1.40. The van der Waals surface area contributed by atoms with Crippen LogP contribution >= 0.6 is 15.9 Å². The molecule has 6 bridgehead atoms.